The molecule has 0 radical (unpaired) electrons. The number of alkyl halides is 3. The largest absolute Gasteiger partial charge is 0.433 e. The highest BCUT2D eigenvalue weighted by Gasteiger charge is 2.41. The van der Waals surface area contributed by atoms with Crippen LogP contribution < -0.4 is 5.32 Å². The molecule has 0 aliphatic carbocycles. The predicted molar refractivity (Wildman–Crippen MR) is 80.0 cm³/mol. The highest BCUT2D eigenvalue weighted by Crippen LogP contribution is 2.33. The second kappa shape index (κ2) is 6.90. The Morgan fingerprint density at radius 3 is 2.30 bits per heavy atom. The molecule has 1 rings (SSSR count). The summed E-state index contributed by atoms with van der Waals surface area (Å²) in [5.74, 6) is -0.882. The van der Waals surface area contributed by atoms with Crippen LogP contribution in [0.5, 0.6) is 0 Å². The van der Waals surface area contributed by atoms with Crippen molar-refractivity contribution in [2.45, 2.75) is 59.3 Å². The van der Waals surface area contributed by atoms with Gasteiger partial charge in [-0.1, -0.05) is 20.8 Å². The van der Waals surface area contributed by atoms with Crippen molar-refractivity contribution in [3.05, 3.63) is 17.5 Å². The van der Waals surface area contributed by atoms with Crippen molar-refractivity contribution in [1.29, 1.82) is 0 Å². The highest BCUT2D eigenvalue weighted by atomic mass is 19.4. The fraction of sp³-hybridized carbons (Fsp3) is 0.733. The topological polar surface area (TPSA) is 67.2 Å². The average Bonchev–Trinajstić information content (AvgIpc) is 2.80. The molecular formula is C15H24F3N3O2. The van der Waals surface area contributed by atoms with Gasteiger partial charge in [0.2, 0.25) is 0 Å². The minimum atomic E-state index is -4.69. The van der Waals surface area contributed by atoms with Crippen molar-refractivity contribution in [2.75, 3.05) is 6.61 Å². The number of rotatable bonds is 5. The lowest BCUT2D eigenvalue weighted by molar-refractivity contribution is -0.145. The number of aromatic nitrogens is 2. The monoisotopic (exact) mass is 335 g/mol. The maximum Gasteiger partial charge on any atom is 0.433 e. The van der Waals surface area contributed by atoms with E-state index in [1.165, 1.54) is 0 Å². The van der Waals surface area contributed by atoms with Crippen LogP contribution >= 0.6 is 0 Å². The molecule has 1 aromatic heterocycles. The van der Waals surface area contributed by atoms with E-state index in [1.807, 2.05) is 20.8 Å². The Kier molecular flexibility index (Phi) is 5.84. The number of hydrogen-bond acceptors (Lipinski definition) is 3. The molecule has 0 aromatic carbocycles. The SMILES string of the molecule is CC(C)n1ncc(C(=O)NC(CO)CC(C)(C)C)c1C(F)(F)F. The second-order valence-corrected chi connectivity index (χ2v) is 7.06. The van der Waals surface area contributed by atoms with Gasteiger partial charge in [0.05, 0.1) is 24.4 Å². The maximum absolute atomic E-state index is 13.3. The number of halogens is 3. The van der Waals surface area contributed by atoms with E-state index >= 15 is 0 Å². The number of aliphatic hydroxyl groups is 1. The summed E-state index contributed by atoms with van der Waals surface area (Å²) >= 11 is 0. The van der Waals surface area contributed by atoms with Gasteiger partial charge in [-0.05, 0) is 25.7 Å². The number of aliphatic hydroxyl groups excluding tert-OH is 1. The average molecular weight is 335 g/mol. The molecule has 1 aromatic rings. The van der Waals surface area contributed by atoms with Crippen molar-refractivity contribution in [3.8, 4) is 0 Å². The molecule has 0 bridgehead atoms. The summed E-state index contributed by atoms with van der Waals surface area (Å²) in [4.78, 5) is 12.2. The van der Waals surface area contributed by atoms with E-state index in [-0.39, 0.29) is 12.0 Å². The van der Waals surface area contributed by atoms with E-state index in [4.69, 9.17) is 0 Å². The van der Waals surface area contributed by atoms with Crippen LogP contribution in [0.1, 0.15) is 63.1 Å². The first-order valence-electron chi connectivity index (χ1n) is 7.43. The van der Waals surface area contributed by atoms with Gasteiger partial charge < -0.3 is 10.4 Å². The van der Waals surface area contributed by atoms with E-state index in [0.29, 0.717) is 6.42 Å². The molecule has 0 fully saturated rings. The van der Waals surface area contributed by atoms with E-state index in [2.05, 4.69) is 10.4 Å². The normalized spacial score (nSPS) is 14.2. The summed E-state index contributed by atoms with van der Waals surface area (Å²) in [6, 6.07) is -1.15. The van der Waals surface area contributed by atoms with Crippen LogP contribution in [0.15, 0.2) is 6.20 Å². The quantitative estimate of drug-likeness (QED) is 0.869. The Labute approximate surface area is 133 Å². The first-order chi connectivity index (χ1) is 10.4. The molecule has 0 saturated carbocycles. The van der Waals surface area contributed by atoms with E-state index in [9.17, 15) is 23.1 Å². The summed E-state index contributed by atoms with van der Waals surface area (Å²) < 4.78 is 40.6. The van der Waals surface area contributed by atoms with Gasteiger partial charge in [-0.15, -0.1) is 0 Å². The van der Waals surface area contributed by atoms with Crippen LogP contribution in [0.3, 0.4) is 0 Å². The van der Waals surface area contributed by atoms with E-state index in [0.717, 1.165) is 10.9 Å². The van der Waals surface area contributed by atoms with Crippen LogP contribution in [0.25, 0.3) is 0 Å². The number of amides is 1. The van der Waals surface area contributed by atoms with Crippen molar-refractivity contribution >= 4 is 5.91 Å². The fourth-order valence-corrected chi connectivity index (χ4v) is 2.37. The molecule has 1 heterocycles. The summed E-state index contributed by atoms with van der Waals surface area (Å²) in [7, 11) is 0. The van der Waals surface area contributed by atoms with Crippen molar-refractivity contribution in [3.63, 3.8) is 0 Å². The number of nitrogens with zero attached hydrogens (tertiary/aromatic N) is 2. The van der Waals surface area contributed by atoms with Crippen LogP contribution in [-0.4, -0.2) is 33.4 Å². The summed E-state index contributed by atoms with van der Waals surface area (Å²) in [5.41, 5.74) is -1.79. The van der Waals surface area contributed by atoms with Crippen LogP contribution in [0.4, 0.5) is 13.2 Å². The van der Waals surface area contributed by atoms with Gasteiger partial charge in [-0.25, -0.2) is 0 Å². The molecule has 8 heteroatoms. The highest BCUT2D eigenvalue weighted by molar-refractivity contribution is 5.95. The fourth-order valence-electron chi connectivity index (χ4n) is 2.37. The van der Waals surface area contributed by atoms with Crippen molar-refractivity contribution in [1.82, 2.24) is 15.1 Å². The van der Waals surface area contributed by atoms with Crippen LogP contribution in [0.2, 0.25) is 0 Å². The molecule has 132 valence electrons. The Bertz CT molecular complexity index is 545. The lowest BCUT2D eigenvalue weighted by Gasteiger charge is -2.25. The standard InChI is InChI=1S/C15H24F3N3O2/c1-9(2)21-12(15(16,17)18)11(7-19-21)13(23)20-10(8-22)6-14(3,4)5/h7,9-10,22H,6,8H2,1-5H3,(H,20,23). The minimum absolute atomic E-state index is 0.185. The van der Waals surface area contributed by atoms with Crippen molar-refractivity contribution < 1.29 is 23.1 Å². The molecule has 23 heavy (non-hydrogen) atoms. The molecule has 0 spiro atoms. The molecule has 0 aliphatic heterocycles. The molecule has 0 saturated heterocycles. The molecule has 1 unspecified atom stereocenters. The Balaban J connectivity index is 3.09. The third-order valence-electron chi connectivity index (χ3n) is 3.21. The van der Waals surface area contributed by atoms with E-state index < -0.39 is 35.4 Å². The first-order valence-corrected chi connectivity index (χ1v) is 7.43. The zero-order chi connectivity index (χ0) is 18.0. The minimum Gasteiger partial charge on any atom is -0.394 e. The molecular weight excluding hydrogens is 311 g/mol. The predicted octanol–water partition coefficient (Wildman–Crippen LogP) is 3.01. The van der Waals surface area contributed by atoms with Gasteiger partial charge in [-0.3, -0.25) is 9.48 Å². The summed E-state index contributed by atoms with van der Waals surface area (Å²) in [6.45, 7) is 8.52. The third kappa shape index (κ3) is 5.23. The lowest BCUT2D eigenvalue weighted by Crippen LogP contribution is -2.40. The number of hydrogen-bond donors (Lipinski definition) is 2. The van der Waals surface area contributed by atoms with Crippen LogP contribution in [0, 0.1) is 5.41 Å². The zero-order valence-corrected chi connectivity index (χ0v) is 14.0. The molecule has 1 atom stereocenters. The van der Waals surface area contributed by atoms with E-state index in [1.54, 1.807) is 13.8 Å². The summed E-state index contributed by atoms with van der Waals surface area (Å²) in [5, 5.41) is 15.5. The second-order valence-electron chi connectivity index (χ2n) is 7.06. The Morgan fingerprint density at radius 1 is 1.35 bits per heavy atom. The lowest BCUT2D eigenvalue weighted by atomic mass is 9.88. The van der Waals surface area contributed by atoms with Gasteiger partial charge in [0.1, 0.15) is 0 Å². The number of nitrogens with one attached hydrogen (secondary N) is 1. The first kappa shape index (κ1) is 19.5. The number of carbonyl (C=O) groups excluding carboxylic acids is 1. The molecule has 1 amide bonds. The maximum atomic E-state index is 13.3. The molecule has 2 N–H and O–H groups in total. The Morgan fingerprint density at radius 2 is 1.91 bits per heavy atom. The van der Waals surface area contributed by atoms with Gasteiger partial charge >= 0.3 is 6.18 Å². The number of carbonyl (C=O) groups is 1. The molecule has 0 aliphatic rings. The van der Waals surface area contributed by atoms with Gasteiger partial charge in [0, 0.05) is 6.04 Å². The smallest absolute Gasteiger partial charge is 0.394 e. The summed E-state index contributed by atoms with van der Waals surface area (Å²) in [6.07, 6.45) is -3.33. The van der Waals surface area contributed by atoms with Crippen molar-refractivity contribution in [2.24, 2.45) is 5.41 Å². The zero-order valence-electron chi connectivity index (χ0n) is 14.0. The third-order valence-corrected chi connectivity index (χ3v) is 3.21. The molecule has 5 nitrogen and oxygen atoms in total. The van der Waals surface area contributed by atoms with Gasteiger partial charge in [-0.2, -0.15) is 18.3 Å². The Hall–Kier alpha value is -1.57. The van der Waals surface area contributed by atoms with Crippen LogP contribution in [-0.2, 0) is 6.18 Å². The van der Waals surface area contributed by atoms with Gasteiger partial charge in [0.25, 0.3) is 5.91 Å². The van der Waals surface area contributed by atoms with Gasteiger partial charge in [0.15, 0.2) is 5.69 Å².